The van der Waals surface area contributed by atoms with Gasteiger partial charge in [0.25, 0.3) is 0 Å². The minimum atomic E-state index is -0.747. The summed E-state index contributed by atoms with van der Waals surface area (Å²) in [5.41, 5.74) is 1.96. The van der Waals surface area contributed by atoms with Crippen LogP contribution in [0.1, 0.15) is 28.2 Å². The van der Waals surface area contributed by atoms with Crippen LogP contribution < -0.4 is 5.32 Å². The lowest BCUT2D eigenvalue weighted by Gasteiger charge is -2.11. The van der Waals surface area contributed by atoms with E-state index in [1.807, 2.05) is 18.2 Å². The quantitative estimate of drug-likeness (QED) is 0.686. The number of carbonyl (C=O) groups excluding carboxylic acids is 2. The van der Waals surface area contributed by atoms with Crippen LogP contribution >= 0.6 is 11.6 Å². The Morgan fingerprint density at radius 2 is 1.60 bits per heavy atom. The van der Waals surface area contributed by atoms with Gasteiger partial charge in [-0.05, 0) is 36.8 Å². The van der Waals surface area contributed by atoms with Crippen molar-refractivity contribution >= 4 is 29.0 Å². The number of hydrogen-bond acceptors (Lipinski definition) is 2. The first-order valence-electron chi connectivity index (χ1n) is 6.19. The van der Waals surface area contributed by atoms with Crippen molar-refractivity contribution in [2.24, 2.45) is 0 Å². The standard InChI is InChI=1S/C16H14ClNO2/c1-11(19)12-7-9-14(10-8-12)18-16(20)15(17)13-5-3-2-4-6-13/h2-10,15H,1H3,(H,18,20)/t15-/m1/s1. The number of rotatable bonds is 4. The fourth-order valence-electron chi connectivity index (χ4n) is 1.77. The zero-order valence-electron chi connectivity index (χ0n) is 11.0. The summed E-state index contributed by atoms with van der Waals surface area (Å²) < 4.78 is 0. The van der Waals surface area contributed by atoms with Crippen molar-refractivity contribution in [3.8, 4) is 0 Å². The van der Waals surface area contributed by atoms with Crippen molar-refractivity contribution in [3.05, 3.63) is 65.7 Å². The van der Waals surface area contributed by atoms with Crippen molar-refractivity contribution in [1.82, 2.24) is 0 Å². The predicted octanol–water partition coefficient (Wildman–Crippen LogP) is 3.81. The molecular formula is C16H14ClNO2. The van der Waals surface area contributed by atoms with E-state index in [1.165, 1.54) is 6.92 Å². The molecule has 2 aromatic carbocycles. The second kappa shape index (κ2) is 6.35. The SMILES string of the molecule is CC(=O)c1ccc(NC(=O)[C@H](Cl)c2ccccc2)cc1. The van der Waals surface area contributed by atoms with Crippen LogP contribution in [0.15, 0.2) is 54.6 Å². The number of benzene rings is 2. The first-order chi connectivity index (χ1) is 9.58. The highest BCUT2D eigenvalue weighted by molar-refractivity contribution is 6.32. The van der Waals surface area contributed by atoms with Gasteiger partial charge >= 0.3 is 0 Å². The van der Waals surface area contributed by atoms with Gasteiger partial charge in [-0.2, -0.15) is 0 Å². The molecule has 0 aliphatic carbocycles. The van der Waals surface area contributed by atoms with Gasteiger partial charge in [-0.3, -0.25) is 9.59 Å². The van der Waals surface area contributed by atoms with Crippen LogP contribution in [-0.4, -0.2) is 11.7 Å². The van der Waals surface area contributed by atoms with Gasteiger partial charge in [-0.25, -0.2) is 0 Å². The van der Waals surface area contributed by atoms with E-state index in [2.05, 4.69) is 5.32 Å². The Kier molecular flexibility index (Phi) is 4.53. The van der Waals surface area contributed by atoms with Gasteiger partial charge in [0, 0.05) is 11.3 Å². The fourth-order valence-corrected chi connectivity index (χ4v) is 1.97. The molecule has 0 radical (unpaired) electrons. The first kappa shape index (κ1) is 14.3. The lowest BCUT2D eigenvalue weighted by atomic mass is 10.1. The third-order valence-corrected chi connectivity index (χ3v) is 3.33. The molecule has 0 saturated carbocycles. The zero-order chi connectivity index (χ0) is 14.5. The Morgan fingerprint density at radius 1 is 1.00 bits per heavy atom. The zero-order valence-corrected chi connectivity index (χ0v) is 11.7. The maximum atomic E-state index is 12.0. The second-order valence-electron chi connectivity index (χ2n) is 4.40. The summed E-state index contributed by atoms with van der Waals surface area (Å²) in [6, 6.07) is 15.8. The third-order valence-electron chi connectivity index (χ3n) is 2.88. The number of anilines is 1. The van der Waals surface area contributed by atoms with Crippen molar-refractivity contribution in [2.45, 2.75) is 12.3 Å². The van der Waals surface area contributed by atoms with Crippen molar-refractivity contribution in [2.75, 3.05) is 5.32 Å². The van der Waals surface area contributed by atoms with E-state index < -0.39 is 5.38 Å². The summed E-state index contributed by atoms with van der Waals surface area (Å²) in [6.45, 7) is 1.50. The van der Waals surface area contributed by atoms with E-state index in [-0.39, 0.29) is 11.7 Å². The summed E-state index contributed by atoms with van der Waals surface area (Å²) in [5, 5.41) is 1.98. The van der Waals surface area contributed by atoms with Crippen LogP contribution in [0.5, 0.6) is 0 Å². The maximum Gasteiger partial charge on any atom is 0.246 e. The van der Waals surface area contributed by atoms with Gasteiger partial charge in [0.05, 0.1) is 0 Å². The van der Waals surface area contributed by atoms with Crippen LogP contribution in [0.3, 0.4) is 0 Å². The predicted molar refractivity (Wildman–Crippen MR) is 80.1 cm³/mol. The average molecular weight is 288 g/mol. The molecule has 1 amide bonds. The van der Waals surface area contributed by atoms with E-state index in [1.54, 1.807) is 36.4 Å². The number of hydrogen-bond donors (Lipinski definition) is 1. The third kappa shape index (κ3) is 3.45. The van der Waals surface area contributed by atoms with Crippen LogP contribution in [0, 0.1) is 0 Å². The Labute approximate surface area is 122 Å². The van der Waals surface area contributed by atoms with Crippen LogP contribution in [0.25, 0.3) is 0 Å². The topological polar surface area (TPSA) is 46.2 Å². The summed E-state index contributed by atoms with van der Waals surface area (Å²) in [4.78, 5) is 23.2. The Hall–Kier alpha value is -2.13. The van der Waals surface area contributed by atoms with Crippen LogP contribution in [-0.2, 0) is 4.79 Å². The molecule has 0 spiro atoms. The number of Topliss-reactive ketones (excluding diaryl/α,β-unsaturated/α-hetero) is 1. The minimum Gasteiger partial charge on any atom is -0.325 e. The van der Waals surface area contributed by atoms with Gasteiger partial charge < -0.3 is 5.32 Å². The number of alkyl halides is 1. The molecule has 0 heterocycles. The monoisotopic (exact) mass is 287 g/mol. The molecule has 2 rings (SSSR count). The number of carbonyl (C=O) groups is 2. The highest BCUT2D eigenvalue weighted by Gasteiger charge is 2.17. The van der Waals surface area contributed by atoms with E-state index in [4.69, 9.17) is 11.6 Å². The molecule has 1 N–H and O–H groups in total. The number of nitrogens with one attached hydrogen (secondary N) is 1. The molecule has 4 heteroatoms. The molecule has 0 saturated heterocycles. The molecule has 2 aromatic rings. The molecule has 0 unspecified atom stereocenters. The summed E-state index contributed by atoms with van der Waals surface area (Å²) in [5.74, 6) is -0.309. The highest BCUT2D eigenvalue weighted by Crippen LogP contribution is 2.22. The van der Waals surface area contributed by atoms with E-state index in [0.29, 0.717) is 11.3 Å². The Bertz CT molecular complexity index is 608. The van der Waals surface area contributed by atoms with Gasteiger partial charge in [-0.1, -0.05) is 30.3 Å². The molecule has 0 aromatic heterocycles. The van der Waals surface area contributed by atoms with Gasteiger partial charge in [0.15, 0.2) is 5.78 Å². The average Bonchev–Trinajstić information content (AvgIpc) is 2.48. The summed E-state index contributed by atoms with van der Waals surface area (Å²) in [6.07, 6.45) is 0. The van der Waals surface area contributed by atoms with Crippen LogP contribution in [0.4, 0.5) is 5.69 Å². The highest BCUT2D eigenvalue weighted by atomic mass is 35.5. The maximum absolute atomic E-state index is 12.0. The number of amides is 1. The summed E-state index contributed by atoms with van der Waals surface area (Å²) >= 11 is 6.12. The van der Waals surface area contributed by atoms with E-state index >= 15 is 0 Å². The normalized spacial score (nSPS) is 11.7. The molecule has 1 atom stereocenters. The smallest absolute Gasteiger partial charge is 0.246 e. The summed E-state index contributed by atoms with van der Waals surface area (Å²) in [7, 11) is 0. The lowest BCUT2D eigenvalue weighted by molar-refractivity contribution is -0.116. The molecule has 0 aliphatic heterocycles. The van der Waals surface area contributed by atoms with Crippen molar-refractivity contribution in [1.29, 1.82) is 0 Å². The van der Waals surface area contributed by atoms with Crippen LogP contribution in [0.2, 0.25) is 0 Å². The van der Waals surface area contributed by atoms with E-state index in [9.17, 15) is 9.59 Å². The first-order valence-corrected chi connectivity index (χ1v) is 6.62. The molecule has 0 bridgehead atoms. The molecular weight excluding hydrogens is 274 g/mol. The Morgan fingerprint density at radius 3 is 2.15 bits per heavy atom. The molecule has 3 nitrogen and oxygen atoms in total. The van der Waals surface area contributed by atoms with Crippen molar-refractivity contribution < 1.29 is 9.59 Å². The molecule has 102 valence electrons. The minimum absolute atomic E-state index is 0.0117. The largest absolute Gasteiger partial charge is 0.325 e. The fraction of sp³-hybridized carbons (Fsp3) is 0.125. The van der Waals surface area contributed by atoms with Crippen molar-refractivity contribution in [3.63, 3.8) is 0 Å². The lowest BCUT2D eigenvalue weighted by Crippen LogP contribution is -2.17. The van der Waals surface area contributed by atoms with Gasteiger partial charge in [0.1, 0.15) is 5.38 Å². The van der Waals surface area contributed by atoms with E-state index in [0.717, 1.165) is 5.56 Å². The number of ketones is 1. The second-order valence-corrected chi connectivity index (χ2v) is 4.83. The number of halogens is 1. The molecule has 0 fully saturated rings. The van der Waals surface area contributed by atoms with Gasteiger partial charge in [-0.15, -0.1) is 11.6 Å². The molecule has 20 heavy (non-hydrogen) atoms. The molecule has 0 aliphatic rings. The van der Waals surface area contributed by atoms with Gasteiger partial charge in [0.2, 0.25) is 5.91 Å². The Balaban J connectivity index is 2.06.